The minimum atomic E-state index is -0.371. The normalized spacial score (nSPS) is 23.1. The number of thiol groups is 1. The Morgan fingerprint density at radius 2 is 1.85 bits per heavy atom. The third-order valence-electron chi connectivity index (χ3n) is 1.86. The smallest absolute Gasteiger partial charge is 0.115 e. The molecule has 13 heavy (non-hydrogen) atoms. The Labute approximate surface area is 79.7 Å². The lowest BCUT2D eigenvalue weighted by molar-refractivity contribution is 0.475. The van der Waals surface area contributed by atoms with E-state index in [0.29, 0.717) is 5.75 Å². The number of benzene rings is 1. The number of nitrogens with two attached hydrogens (primary N) is 1. The summed E-state index contributed by atoms with van der Waals surface area (Å²) < 4.78 is 0. The monoisotopic (exact) mass is 193 g/mol. The van der Waals surface area contributed by atoms with Crippen LogP contribution in [0.1, 0.15) is 0 Å². The lowest BCUT2D eigenvalue weighted by Gasteiger charge is -2.09. The molecule has 1 unspecified atom stereocenters. The molecule has 1 aromatic rings. The van der Waals surface area contributed by atoms with Crippen molar-refractivity contribution < 1.29 is 5.11 Å². The predicted molar refractivity (Wildman–Crippen MR) is 56.8 cm³/mol. The van der Waals surface area contributed by atoms with Crippen LogP contribution in [0.2, 0.25) is 0 Å². The maximum atomic E-state index is 9.10. The van der Waals surface area contributed by atoms with Gasteiger partial charge in [-0.15, -0.1) is 0 Å². The van der Waals surface area contributed by atoms with E-state index in [2.05, 4.69) is 10.8 Å². The minimum absolute atomic E-state index is 0.305. The summed E-state index contributed by atoms with van der Waals surface area (Å²) in [5.74, 6) is 0.305. The Bertz CT molecular complexity index is 367. The van der Waals surface area contributed by atoms with Crippen LogP contribution >= 0.6 is 10.9 Å². The first kappa shape index (κ1) is 8.26. The third-order valence-corrected chi connectivity index (χ3v) is 3.80. The first-order chi connectivity index (χ1) is 6.25. The summed E-state index contributed by atoms with van der Waals surface area (Å²) in [6.07, 6.45) is 1.93. The Morgan fingerprint density at radius 1 is 1.15 bits per heavy atom. The van der Waals surface area contributed by atoms with E-state index >= 15 is 0 Å². The molecule has 1 aliphatic rings. The zero-order valence-corrected chi connectivity index (χ0v) is 7.91. The van der Waals surface area contributed by atoms with Gasteiger partial charge in [0, 0.05) is 5.70 Å². The van der Waals surface area contributed by atoms with E-state index < -0.39 is 0 Å². The van der Waals surface area contributed by atoms with Gasteiger partial charge in [0.05, 0.1) is 0 Å². The topological polar surface area (TPSA) is 46.2 Å². The van der Waals surface area contributed by atoms with E-state index in [4.69, 9.17) is 10.8 Å². The molecular weight excluding hydrogens is 182 g/mol. The second kappa shape index (κ2) is 3.18. The average molecular weight is 193 g/mol. The van der Waals surface area contributed by atoms with Gasteiger partial charge in [-0.1, -0.05) is 0 Å². The maximum absolute atomic E-state index is 9.10. The number of hydrogen-bond acceptors (Lipinski definition) is 2. The largest absolute Gasteiger partial charge is 0.508 e. The molecule has 1 aromatic carbocycles. The molecule has 68 valence electrons. The van der Waals surface area contributed by atoms with Crippen LogP contribution in [0.4, 0.5) is 0 Å². The SMILES string of the molecule is NC1=C[SH](c2ccc(O)cc2)C=C1. The fraction of sp³-hybridized carbons (Fsp3) is 0. The quantitative estimate of drug-likeness (QED) is 0.598. The van der Waals surface area contributed by atoms with E-state index in [-0.39, 0.29) is 10.9 Å². The Hall–Kier alpha value is -1.35. The summed E-state index contributed by atoms with van der Waals surface area (Å²) in [6.45, 7) is 0. The number of phenolic OH excluding ortho intramolecular Hbond substituents is 1. The predicted octanol–water partition coefficient (Wildman–Crippen LogP) is 2.08. The van der Waals surface area contributed by atoms with Crippen LogP contribution in [0.25, 0.3) is 0 Å². The lowest BCUT2D eigenvalue weighted by atomic mass is 10.3. The molecule has 2 rings (SSSR count). The molecule has 0 radical (unpaired) electrons. The zero-order valence-electron chi connectivity index (χ0n) is 7.01. The molecule has 3 heteroatoms. The van der Waals surface area contributed by atoms with Crippen LogP contribution in [0, 0.1) is 0 Å². The van der Waals surface area contributed by atoms with Gasteiger partial charge in [-0.25, -0.2) is 0 Å². The van der Waals surface area contributed by atoms with Gasteiger partial charge in [-0.2, -0.15) is 10.9 Å². The van der Waals surface area contributed by atoms with Gasteiger partial charge in [0.2, 0.25) is 0 Å². The molecule has 1 atom stereocenters. The summed E-state index contributed by atoms with van der Waals surface area (Å²) in [5, 5.41) is 13.3. The van der Waals surface area contributed by atoms with Crippen LogP contribution in [0.5, 0.6) is 5.75 Å². The second-order valence-electron chi connectivity index (χ2n) is 2.87. The number of aromatic hydroxyl groups is 1. The zero-order chi connectivity index (χ0) is 9.26. The second-order valence-corrected chi connectivity index (χ2v) is 4.76. The fourth-order valence-corrected chi connectivity index (χ4v) is 2.84. The summed E-state index contributed by atoms with van der Waals surface area (Å²) in [4.78, 5) is 1.21. The minimum Gasteiger partial charge on any atom is -0.508 e. The highest BCUT2D eigenvalue weighted by molar-refractivity contribution is 8.22. The van der Waals surface area contributed by atoms with E-state index in [1.807, 2.05) is 18.2 Å². The van der Waals surface area contributed by atoms with Crippen molar-refractivity contribution in [2.75, 3.05) is 0 Å². The molecule has 0 saturated carbocycles. The van der Waals surface area contributed by atoms with Crippen LogP contribution < -0.4 is 5.73 Å². The van der Waals surface area contributed by atoms with Crippen molar-refractivity contribution in [1.82, 2.24) is 0 Å². The molecule has 0 bridgehead atoms. The molecule has 0 spiro atoms. The van der Waals surface area contributed by atoms with Crippen LogP contribution in [0.15, 0.2) is 51.8 Å². The first-order valence-electron chi connectivity index (χ1n) is 3.98. The molecule has 0 aliphatic carbocycles. The van der Waals surface area contributed by atoms with Gasteiger partial charge in [0.25, 0.3) is 0 Å². The highest BCUT2D eigenvalue weighted by Gasteiger charge is 2.05. The van der Waals surface area contributed by atoms with E-state index in [1.165, 1.54) is 4.90 Å². The first-order valence-corrected chi connectivity index (χ1v) is 5.46. The fourth-order valence-electron chi connectivity index (χ4n) is 1.20. The van der Waals surface area contributed by atoms with Gasteiger partial charge in [0.15, 0.2) is 0 Å². The van der Waals surface area contributed by atoms with Crippen molar-refractivity contribution >= 4 is 10.9 Å². The number of rotatable bonds is 1. The number of phenols is 1. The van der Waals surface area contributed by atoms with Crippen molar-refractivity contribution in [3.8, 4) is 5.75 Å². The van der Waals surface area contributed by atoms with Crippen LogP contribution in [-0.4, -0.2) is 5.11 Å². The van der Waals surface area contributed by atoms with E-state index in [0.717, 1.165) is 5.70 Å². The molecule has 1 heterocycles. The molecule has 0 aromatic heterocycles. The lowest BCUT2D eigenvalue weighted by Crippen LogP contribution is -1.87. The Kier molecular flexibility index (Phi) is 2.02. The van der Waals surface area contributed by atoms with Crippen molar-refractivity contribution in [2.24, 2.45) is 5.73 Å². The summed E-state index contributed by atoms with van der Waals surface area (Å²) in [6, 6.07) is 7.27. The van der Waals surface area contributed by atoms with Crippen molar-refractivity contribution in [2.45, 2.75) is 4.90 Å². The average Bonchev–Trinajstić information content (AvgIpc) is 2.53. The van der Waals surface area contributed by atoms with E-state index in [1.54, 1.807) is 12.1 Å². The van der Waals surface area contributed by atoms with Gasteiger partial charge in [-0.05, 0) is 46.1 Å². The molecule has 1 aliphatic heterocycles. The maximum Gasteiger partial charge on any atom is 0.115 e. The van der Waals surface area contributed by atoms with Gasteiger partial charge >= 0.3 is 0 Å². The van der Waals surface area contributed by atoms with E-state index in [9.17, 15) is 0 Å². The number of hydrogen-bond donors (Lipinski definition) is 3. The molecule has 2 nitrogen and oxygen atoms in total. The van der Waals surface area contributed by atoms with Gasteiger partial charge in [-0.3, -0.25) is 0 Å². The molecule has 0 amide bonds. The summed E-state index contributed by atoms with van der Waals surface area (Å²) >= 11 is 0. The van der Waals surface area contributed by atoms with Crippen LogP contribution in [0.3, 0.4) is 0 Å². The summed E-state index contributed by atoms with van der Waals surface area (Å²) in [7, 11) is -0.371. The number of allylic oxidation sites excluding steroid dienone is 1. The molecular formula is C10H11NOS. The standard InChI is InChI=1S/C10H11NOS/c11-8-5-6-13(7-8)10-3-1-9(12)2-4-10/h1-7,12-13H,11H2. The highest BCUT2D eigenvalue weighted by atomic mass is 32.2. The highest BCUT2D eigenvalue weighted by Crippen LogP contribution is 2.43. The Morgan fingerprint density at radius 3 is 2.38 bits per heavy atom. The molecule has 0 saturated heterocycles. The summed E-state index contributed by atoms with van der Waals surface area (Å²) in [5.41, 5.74) is 6.47. The van der Waals surface area contributed by atoms with Gasteiger partial charge < -0.3 is 10.8 Å². The van der Waals surface area contributed by atoms with Crippen LogP contribution in [-0.2, 0) is 0 Å². The van der Waals surface area contributed by atoms with Crippen molar-refractivity contribution in [1.29, 1.82) is 0 Å². The van der Waals surface area contributed by atoms with Crippen molar-refractivity contribution in [3.63, 3.8) is 0 Å². The Balaban J connectivity index is 2.28. The third kappa shape index (κ3) is 1.70. The van der Waals surface area contributed by atoms with Gasteiger partial charge in [0.1, 0.15) is 5.75 Å². The molecule has 3 N–H and O–H groups in total. The van der Waals surface area contributed by atoms with Crippen molar-refractivity contribution in [3.05, 3.63) is 46.9 Å². The molecule has 0 fully saturated rings.